The first-order chi connectivity index (χ1) is 11.6. The van der Waals surface area contributed by atoms with E-state index in [0.29, 0.717) is 12.1 Å². The number of anilines is 1. The highest BCUT2D eigenvalue weighted by Gasteiger charge is 2.29. The van der Waals surface area contributed by atoms with Crippen molar-refractivity contribution < 1.29 is 14.0 Å². The van der Waals surface area contributed by atoms with Crippen LogP contribution in [-0.4, -0.2) is 11.8 Å². The zero-order valence-corrected chi connectivity index (χ0v) is 13.2. The normalized spacial score (nSPS) is 13.4. The summed E-state index contributed by atoms with van der Waals surface area (Å²) < 4.78 is 13.1. The fraction of sp³-hybridized carbons (Fsp3) is 0.263. The van der Waals surface area contributed by atoms with Crippen LogP contribution in [0.25, 0.3) is 0 Å². The van der Waals surface area contributed by atoms with E-state index in [1.165, 1.54) is 12.1 Å². The van der Waals surface area contributed by atoms with E-state index in [4.69, 9.17) is 0 Å². The van der Waals surface area contributed by atoms with Gasteiger partial charge in [0.15, 0.2) is 0 Å². The quantitative estimate of drug-likeness (QED) is 0.857. The second-order valence-corrected chi connectivity index (χ2v) is 6.04. The van der Waals surface area contributed by atoms with Gasteiger partial charge in [0.2, 0.25) is 11.8 Å². The van der Waals surface area contributed by atoms with Gasteiger partial charge in [-0.05, 0) is 48.2 Å². The summed E-state index contributed by atoms with van der Waals surface area (Å²) in [5.74, 6) is -0.256. The van der Waals surface area contributed by atoms with Crippen LogP contribution in [-0.2, 0) is 22.6 Å². The Hall–Kier alpha value is -2.69. The SMILES string of the molecule is O=C(Cc1cccc(F)c1)NCc1ccc(NC(=O)C2CC2)cc1. The van der Waals surface area contributed by atoms with Gasteiger partial charge in [0.1, 0.15) is 5.82 Å². The summed E-state index contributed by atoms with van der Waals surface area (Å²) >= 11 is 0. The third-order valence-corrected chi connectivity index (χ3v) is 3.91. The Balaban J connectivity index is 1.47. The molecule has 4 nitrogen and oxygen atoms in total. The summed E-state index contributed by atoms with van der Waals surface area (Å²) in [6.07, 6.45) is 2.09. The smallest absolute Gasteiger partial charge is 0.227 e. The Morgan fingerprint density at radius 2 is 1.79 bits per heavy atom. The van der Waals surface area contributed by atoms with Crippen LogP contribution in [0.1, 0.15) is 24.0 Å². The maximum atomic E-state index is 13.1. The molecule has 0 heterocycles. The highest BCUT2D eigenvalue weighted by molar-refractivity contribution is 5.94. The summed E-state index contributed by atoms with van der Waals surface area (Å²) in [6.45, 7) is 0.394. The summed E-state index contributed by atoms with van der Waals surface area (Å²) in [7, 11) is 0. The van der Waals surface area contributed by atoms with Crippen LogP contribution >= 0.6 is 0 Å². The van der Waals surface area contributed by atoms with Gasteiger partial charge in [0.25, 0.3) is 0 Å². The van der Waals surface area contributed by atoms with Crippen LogP contribution < -0.4 is 10.6 Å². The zero-order valence-electron chi connectivity index (χ0n) is 13.2. The molecule has 1 fully saturated rings. The van der Waals surface area contributed by atoms with Gasteiger partial charge >= 0.3 is 0 Å². The van der Waals surface area contributed by atoms with Gasteiger partial charge in [-0.15, -0.1) is 0 Å². The lowest BCUT2D eigenvalue weighted by Crippen LogP contribution is -2.24. The van der Waals surface area contributed by atoms with Crippen molar-refractivity contribution in [3.63, 3.8) is 0 Å². The van der Waals surface area contributed by atoms with E-state index in [2.05, 4.69) is 10.6 Å². The number of rotatable bonds is 6. The summed E-state index contributed by atoms with van der Waals surface area (Å²) in [6, 6.07) is 13.4. The highest BCUT2D eigenvalue weighted by Crippen LogP contribution is 2.30. The molecule has 0 aliphatic heterocycles. The van der Waals surface area contributed by atoms with Crippen molar-refractivity contribution in [2.75, 3.05) is 5.32 Å². The summed E-state index contributed by atoms with van der Waals surface area (Å²) in [5, 5.41) is 5.68. The number of carbonyl (C=O) groups is 2. The van der Waals surface area contributed by atoms with Gasteiger partial charge < -0.3 is 10.6 Å². The van der Waals surface area contributed by atoms with E-state index in [9.17, 15) is 14.0 Å². The Kier molecular flexibility index (Phi) is 4.89. The third-order valence-electron chi connectivity index (χ3n) is 3.91. The van der Waals surface area contributed by atoms with E-state index in [0.717, 1.165) is 24.1 Å². The molecule has 5 heteroatoms. The number of benzene rings is 2. The number of hydrogen-bond acceptors (Lipinski definition) is 2. The fourth-order valence-corrected chi connectivity index (χ4v) is 2.39. The Labute approximate surface area is 140 Å². The molecule has 0 spiro atoms. The number of halogens is 1. The molecule has 3 rings (SSSR count). The maximum absolute atomic E-state index is 13.1. The predicted molar refractivity (Wildman–Crippen MR) is 89.7 cm³/mol. The predicted octanol–water partition coefficient (Wildman–Crippen LogP) is 3.03. The van der Waals surface area contributed by atoms with E-state index in [-0.39, 0.29) is 30.0 Å². The molecule has 2 amide bonds. The van der Waals surface area contributed by atoms with E-state index >= 15 is 0 Å². The van der Waals surface area contributed by atoms with Crippen molar-refractivity contribution in [1.29, 1.82) is 0 Å². The first kappa shape index (κ1) is 16.2. The Morgan fingerprint density at radius 1 is 1.04 bits per heavy atom. The van der Waals surface area contributed by atoms with Crippen LogP contribution in [0.4, 0.5) is 10.1 Å². The molecule has 0 saturated heterocycles. The van der Waals surface area contributed by atoms with Gasteiger partial charge in [-0.25, -0.2) is 4.39 Å². The second kappa shape index (κ2) is 7.25. The molecule has 0 unspecified atom stereocenters. The van der Waals surface area contributed by atoms with Crippen LogP contribution in [0, 0.1) is 11.7 Å². The lowest BCUT2D eigenvalue weighted by atomic mass is 10.1. The molecule has 2 N–H and O–H groups in total. The first-order valence-corrected chi connectivity index (χ1v) is 8.01. The molecular formula is C19H19FN2O2. The molecule has 2 aromatic rings. The van der Waals surface area contributed by atoms with E-state index in [1.54, 1.807) is 12.1 Å². The molecule has 0 aromatic heterocycles. The fourth-order valence-electron chi connectivity index (χ4n) is 2.39. The maximum Gasteiger partial charge on any atom is 0.227 e. The highest BCUT2D eigenvalue weighted by atomic mass is 19.1. The average molecular weight is 326 g/mol. The largest absolute Gasteiger partial charge is 0.352 e. The molecule has 1 aliphatic carbocycles. The van der Waals surface area contributed by atoms with Crippen molar-refractivity contribution >= 4 is 17.5 Å². The number of amides is 2. The van der Waals surface area contributed by atoms with Gasteiger partial charge in [0, 0.05) is 18.2 Å². The molecular weight excluding hydrogens is 307 g/mol. The van der Waals surface area contributed by atoms with Gasteiger partial charge in [0.05, 0.1) is 6.42 Å². The molecule has 0 atom stereocenters. The molecule has 0 radical (unpaired) electrons. The average Bonchev–Trinajstić information content (AvgIpc) is 3.39. The van der Waals surface area contributed by atoms with Crippen molar-refractivity contribution in [2.24, 2.45) is 5.92 Å². The minimum atomic E-state index is -0.343. The lowest BCUT2D eigenvalue weighted by Gasteiger charge is -2.08. The van der Waals surface area contributed by atoms with E-state index in [1.807, 2.05) is 24.3 Å². The van der Waals surface area contributed by atoms with Crippen LogP contribution in [0.5, 0.6) is 0 Å². The second-order valence-electron chi connectivity index (χ2n) is 6.04. The monoisotopic (exact) mass is 326 g/mol. The van der Waals surface area contributed by atoms with Crippen LogP contribution in [0.15, 0.2) is 48.5 Å². The minimum Gasteiger partial charge on any atom is -0.352 e. The Morgan fingerprint density at radius 3 is 2.46 bits per heavy atom. The summed E-state index contributed by atoms with van der Waals surface area (Å²) in [4.78, 5) is 23.6. The molecule has 24 heavy (non-hydrogen) atoms. The van der Waals surface area contributed by atoms with Crippen molar-refractivity contribution in [1.82, 2.24) is 5.32 Å². The number of hydrogen-bond donors (Lipinski definition) is 2. The molecule has 1 aliphatic rings. The first-order valence-electron chi connectivity index (χ1n) is 8.01. The molecule has 1 saturated carbocycles. The van der Waals surface area contributed by atoms with Gasteiger partial charge in [-0.1, -0.05) is 24.3 Å². The van der Waals surface area contributed by atoms with Crippen molar-refractivity contribution in [2.45, 2.75) is 25.8 Å². The molecule has 124 valence electrons. The summed E-state index contributed by atoms with van der Waals surface area (Å²) in [5.41, 5.74) is 2.35. The van der Waals surface area contributed by atoms with Crippen molar-refractivity contribution in [3.8, 4) is 0 Å². The van der Waals surface area contributed by atoms with Crippen LogP contribution in [0.2, 0.25) is 0 Å². The third kappa shape index (κ3) is 4.65. The molecule has 0 bridgehead atoms. The standard InChI is InChI=1S/C19H19FN2O2/c20-16-3-1-2-14(10-16)11-18(23)21-12-13-4-8-17(9-5-13)22-19(24)15-6-7-15/h1-5,8-10,15H,6-7,11-12H2,(H,21,23)(H,22,24). The molecule has 2 aromatic carbocycles. The Bertz CT molecular complexity index is 739. The van der Waals surface area contributed by atoms with E-state index < -0.39 is 0 Å². The topological polar surface area (TPSA) is 58.2 Å². The van der Waals surface area contributed by atoms with Crippen LogP contribution in [0.3, 0.4) is 0 Å². The van der Waals surface area contributed by atoms with Gasteiger partial charge in [-0.3, -0.25) is 9.59 Å². The lowest BCUT2D eigenvalue weighted by molar-refractivity contribution is -0.120. The van der Waals surface area contributed by atoms with Crippen molar-refractivity contribution in [3.05, 3.63) is 65.5 Å². The van der Waals surface area contributed by atoms with Gasteiger partial charge in [-0.2, -0.15) is 0 Å². The minimum absolute atomic E-state index is 0.0751. The zero-order chi connectivity index (χ0) is 16.9. The number of carbonyl (C=O) groups excluding carboxylic acids is 2. The number of nitrogens with one attached hydrogen (secondary N) is 2.